The van der Waals surface area contributed by atoms with Gasteiger partial charge in [-0.25, -0.2) is 9.97 Å². The summed E-state index contributed by atoms with van der Waals surface area (Å²) in [6.07, 6.45) is 0.690. The summed E-state index contributed by atoms with van der Waals surface area (Å²) in [7, 11) is 1.68. The van der Waals surface area contributed by atoms with E-state index in [2.05, 4.69) is 60.5 Å². The summed E-state index contributed by atoms with van der Waals surface area (Å²) in [4.78, 5) is 9.02. The van der Waals surface area contributed by atoms with Gasteiger partial charge < -0.3 is 10.5 Å². The fourth-order valence-corrected chi connectivity index (χ4v) is 2.36. The maximum atomic E-state index is 5.98. The van der Waals surface area contributed by atoms with E-state index < -0.39 is 0 Å². The van der Waals surface area contributed by atoms with Gasteiger partial charge in [-0.15, -0.1) is 0 Å². The minimum Gasteiger partial charge on any atom is -0.383 e. The third kappa shape index (κ3) is 4.14. The highest BCUT2D eigenvalue weighted by Crippen LogP contribution is 2.35. The van der Waals surface area contributed by atoms with E-state index in [1.165, 1.54) is 0 Å². The molecule has 0 bridgehead atoms. The van der Waals surface area contributed by atoms with Crippen molar-refractivity contribution in [1.29, 1.82) is 0 Å². The Labute approximate surface area is 124 Å². The van der Waals surface area contributed by atoms with Crippen LogP contribution in [0.2, 0.25) is 0 Å². The molecule has 2 N–H and O–H groups in total. The second-order valence-electron chi connectivity index (χ2n) is 6.31. The molecule has 0 saturated carbocycles. The zero-order valence-electron chi connectivity index (χ0n) is 12.6. The Morgan fingerprint density at radius 3 is 2.26 bits per heavy atom. The second-order valence-corrected chi connectivity index (χ2v) is 7.10. The molecule has 0 spiro atoms. The standard InChI is InChI=1S/C14H24BrN3O/c1-8(2)7-9-10(15)12(16)18-13(17-9)11(19-6)14(3,4)5/h8,11H,7H2,1-6H3,(H2,16,17,18). The summed E-state index contributed by atoms with van der Waals surface area (Å²) in [5, 5.41) is 0. The molecule has 0 aromatic carbocycles. The lowest BCUT2D eigenvalue weighted by Gasteiger charge is -2.28. The maximum Gasteiger partial charge on any atom is 0.160 e. The Kier molecular flexibility index (Phi) is 5.33. The van der Waals surface area contributed by atoms with E-state index in [0.29, 0.717) is 17.6 Å². The molecule has 1 aromatic heterocycles. The van der Waals surface area contributed by atoms with Crippen molar-refractivity contribution in [2.45, 2.75) is 47.1 Å². The van der Waals surface area contributed by atoms with E-state index in [0.717, 1.165) is 16.6 Å². The fraction of sp³-hybridized carbons (Fsp3) is 0.714. The number of hydrogen-bond donors (Lipinski definition) is 1. The van der Waals surface area contributed by atoms with Crippen LogP contribution in [0.15, 0.2) is 4.47 Å². The first-order valence-corrected chi connectivity index (χ1v) is 7.30. The predicted octanol–water partition coefficient (Wildman–Crippen LogP) is 3.75. The van der Waals surface area contributed by atoms with Crippen molar-refractivity contribution < 1.29 is 4.74 Å². The first kappa shape index (κ1) is 16.4. The summed E-state index contributed by atoms with van der Waals surface area (Å²) in [6.45, 7) is 10.6. The van der Waals surface area contributed by atoms with Gasteiger partial charge in [0.25, 0.3) is 0 Å². The summed E-state index contributed by atoms with van der Waals surface area (Å²) in [6, 6.07) is 0. The maximum absolute atomic E-state index is 5.98. The lowest BCUT2D eigenvalue weighted by atomic mass is 9.88. The molecular formula is C14H24BrN3O. The van der Waals surface area contributed by atoms with Crippen LogP contribution in [-0.4, -0.2) is 17.1 Å². The molecule has 0 fully saturated rings. The van der Waals surface area contributed by atoms with Crippen molar-refractivity contribution in [3.05, 3.63) is 16.0 Å². The molecule has 1 atom stereocenters. The number of methoxy groups -OCH3 is 1. The van der Waals surface area contributed by atoms with Gasteiger partial charge in [0, 0.05) is 7.11 Å². The van der Waals surface area contributed by atoms with Gasteiger partial charge >= 0.3 is 0 Å². The third-order valence-electron chi connectivity index (χ3n) is 2.82. The molecule has 19 heavy (non-hydrogen) atoms. The van der Waals surface area contributed by atoms with Gasteiger partial charge in [-0.2, -0.15) is 0 Å². The van der Waals surface area contributed by atoms with Gasteiger partial charge in [0.15, 0.2) is 5.82 Å². The minimum absolute atomic E-state index is 0.0792. The first-order chi connectivity index (χ1) is 8.66. The van der Waals surface area contributed by atoms with Crippen LogP contribution in [-0.2, 0) is 11.2 Å². The average molecular weight is 330 g/mol. The van der Waals surface area contributed by atoms with E-state index in [9.17, 15) is 0 Å². The number of nitrogens with zero attached hydrogens (tertiary/aromatic N) is 2. The van der Waals surface area contributed by atoms with Crippen LogP contribution in [0.25, 0.3) is 0 Å². The van der Waals surface area contributed by atoms with Gasteiger partial charge in [-0.3, -0.25) is 0 Å². The number of rotatable bonds is 4. The van der Waals surface area contributed by atoms with Gasteiger partial charge in [0.05, 0.1) is 10.2 Å². The van der Waals surface area contributed by atoms with E-state index in [1.54, 1.807) is 7.11 Å². The number of halogens is 1. The number of nitrogens with two attached hydrogens (primary N) is 1. The van der Waals surface area contributed by atoms with Gasteiger partial charge in [0.2, 0.25) is 0 Å². The molecule has 0 aliphatic carbocycles. The SMILES string of the molecule is COC(c1nc(N)c(Br)c(CC(C)C)n1)C(C)(C)C. The molecule has 4 nitrogen and oxygen atoms in total. The fourth-order valence-electron chi connectivity index (χ4n) is 2.02. The number of anilines is 1. The number of hydrogen-bond acceptors (Lipinski definition) is 4. The molecule has 0 aliphatic heterocycles. The molecule has 0 radical (unpaired) electrons. The van der Waals surface area contributed by atoms with Gasteiger partial charge in [-0.1, -0.05) is 34.6 Å². The molecule has 1 aromatic rings. The molecule has 1 rings (SSSR count). The summed E-state index contributed by atoms with van der Waals surface area (Å²) >= 11 is 3.47. The Balaban J connectivity index is 3.26. The van der Waals surface area contributed by atoms with Crippen molar-refractivity contribution in [2.75, 3.05) is 12.8 Å². The molecule has 1 heterocycles. The van der Waals surface area contributed by atoms with Crippen molar-refractivity contribution in [2.24, 2.45) is 11.3 Å². The summed E-state index contributed by atoms with van der Waals surface area (Å²) in [5.41, 5.74) is 6.85. The average Bonchev–Trinajstić information content (AvgIpc) is 2.23. The minimum atomic E-state index is -0.172. The highest BCUT2D eigenvalue weighted by Gasteiger charge is 2.29. The zero-order valence-corrected chi connectivity index (χ0v) is 14.2. The Morgan fingerprint density at radius 1 is 1.26 bits per heavy atom. The Morgan fingerprint density at radius 2 is 1.84 bits per heavy atom. The van der Waals surface area contributed by atoms with Crippen LogP contribution in [0, 0.1) is 11.3 Å². The number of ether oxygens (including phenoxy) is 1. The highest BCUT2D eigenvalue weighted by molar-refractivity contribution is 9.10. The van der Waals surface area contributed by atoms with E-state index in [-0.39, 0.29) is 11.5 Å². The largest absolute Gasteiger partial charge is 0.383 e. The van der Waals surface area contributed by atoms with Crippen LogP contribution in [0.4, 0.5) is 5.82 Å². The third-order valence-corrected chi connectivity index (χ3v) is 3.69. The molecule has 5 heteroatoms. The van der Waals surface area contributed by atoms with Crippen LogP contribution in [0.3, 0.4) is 0 Å². The monoisotopic (exact) mass is 329 g/mol. The first-order valence-electron chi connectivity index (χ1n) is 6.51. The number of aromatic nitrogens is 2. The lowest BCUT2D eigenvalue weighted by molar-refractivity contribution is 0.00857. The van der Waals surface area contributed by atoms with E-state index in [1.807, 2.05) is 0 Å². The molecule has 0 aliphatic rings. The van der Waals surface area contributed by atoms with Crippen molar-refractivity contribution in [3.63, 3.8) is 0 Å². The van der Waals surface area contributed by atoms with Crippen LogP contribution < -0.4 is 5.73 Å². The molecule has 0 amide bonds. The van der Waals surface area contributed by atoms with Crippen molar-refractivity contribution >= 4 is 21.7 Å². The lowest BCUT2D eigenvalue weighted by Crippen LogP contribution is -2.23. The zero-order chi connectivity index (χ0) is 14.8. The molecule has 108 valence electrons. The van der Waals surface area contributed by atoms with Crippen LogP contribution in [0.1, 0.15) is 52.2 Å². The number of nitrogen functional groups attached to an aromatic ring is 1. The van der Waals surface area contributed by atoms with Crippen molar-refractivity contribution in [3.8, 4) is 0 Å². The van der Waals surface area contributed by atoms with E-state index >= 15 is 0 Å². The quantitative estimate of drug-likeness (QED) is 0.913. The normalized spacial score (nSPS) is 13.9. The summed E-state index contributed by atoms with van der Waals surface area (Å²) in [5.74, 6) is 1.65. The molecular weight excluding hydrogens is 306 g/mol. The molecule has 0 saturated heterocycles. The highest BCUT2D eigenvalue weighted by atomic mass is 79.9. The molecule has 1 unspecified atom stereocenters. The van der Waals surface area contributed by atoms with Gasteiger partial charge in [-0.05, 0) is 33.7 Å². The Hall–Kier alpha value is -0.680. The topological polar surface area (TPSA) is 61.0 Å². The predicted molar refractivity (Wildman–Crippen MR) is 81.9 cm³/mol. The second kappa shape index (κ2) is 6.18. The Bertz CT molecular complexity index is 441. The van der Waals surface area contributed by atoms with E-state index in [4.69, 9.17) is 10.5 Å². The van der Waals surface area contributed by atoms with Crippen LogP contribution in [0.5, 0.6) is 0 Å². The summed E-state index contributed by atoms with van der Waals surface area (Å²) < 4.78 is 6.36. The van der Waals surface area contributed by atoms with Crippen molar-refractivity contribution in [1.82, 2.24) is 9.97 Å². The smallest absolute Gasteiger partial charge is 0.160 e. The van der Waals surface area contributed by atoms with Crippen LogP contribution >= 0.6 is 15.9 Å². The van der Waals surface area contributed by atoms with Gasteiger partial charge in [0.1, 0.15) is 11.9 Å².